The summed E-state index contributed by atoms with van der Waals surface area (Å²) in [6.45, 7) is 4.31. The number of rotatable bonds is 3. The van der Waals surface area contributed by atoms with Gasteiger partial charge in [-0.05, 0) is 13.3 Å². The summed E-state index contributed by atoms with van der Waals surface area (Å²) in [5.41, 5.74) is -0.339. The standard InChI is InChI=1S/C7H12O2/c1-3-4-7(5-9-7)6(2)8/h3-5H2,1-2H3. The lowest BCUT2D eigenvalue weighted by Gasteiger charge is -2.02. The fraction of sp³-hybridized carbons (Fsp3) is 0.857. The largest absolute Gasteiger partial charge is 0.361 e. The highest BCUT2D eigenvalue weighted by molar-refractivity contribution is 5.87. The SMILES string of the molecule is CCCC1(C(C)=O)CO1. The van der Waals surface area contributed by atoms with E-state index in [0.717, 1.165) is 12.8 Å². The van der Waals surface area contributed by atoms with Gasteiger partial charge in [0.25, 0.3) is 0 Å². The van der Waals surface area contributed by atoms with E-state index < -0.39 is 0 Å². The molecule has 1 saturated heterocycles. The lowest BCUT2D eigenvalue weighted by molar-refractivity contribution is -0.122. The average molecular weight is 128 g/mol. The van der Waals surface area contributed by atoms with Gasteiger partial charge in [-0.2, -0.15) is 0 Å². The van der Waals surface area contributed by atoms with Crippen LogP contribution in [-0.4, -0.2) is 18.0 Å². The first kappa shape index (κ1) is 6.75. The molecule has 0 aliphatic carbocycles. The lowest BCUT2D eigenvalue weighted by atomic mass is 10.0. The third-order valence-corrected chi connectivity index (χ3v) is 1.79. The monoisotopic (exact) mass is 128 g/mol. The zero-order valence-corrected chi connectivity index (χ0v) is 5.94. The van der Waals surface area contributed by atoms with Gasteiger partial charge in [0.2, 0.25) is 0 Å². The Morgan fingerprint density at radius 1 is 1.78 bits per heavy atom. The molecule has 0 N–H and O–H groups in total. The maximum atomic E-state index is 10.8. The molecule has 0 saturated carbocycles. The Labute approximate surface area is 55.2 Å². The summed E-state index contributed by atoms with van der Waals surface area (Å²) in [5.74, 6) is 0.185. The molecule has 0 aromatic heterocycles. The predicted octanol–water partition coefficient (Wildman–Crippen LogP) is 1.14. The van der Waals surface area contributed by atoms with Gasteiger partial charge in [-0.1, -0.05) is 13.3 Å². The highest BCUT2D eigenvalue weighted by Crippen LogP contribution is 2.32. The molecular weight excluding hydrogens is 116 g/mol. The van der Waals surface area contributed by atoms with Crippen LogP contribution in [0.5, 0.6) is 0 Å². The first-order valence-electron chi connectivity index (χ1n) is 3.36. The first-order valence-corrected chi connectivity index (χ1v) is 3.36. The Hall–Kier alpha value is -0.370. The van der Waals surface area contributed by atoms with Crippen LogP contribution in [0.25, 0.3) is 0 Å². The zero-order chi connectivity index (χ0) is 6.91. The van der Waals surface area contributed by atoms with E-state index in [-0.39, 0.29) is 11.4 Å². The third kappa shape index (κ3) is 1.13. The number of hydrogen-bond acceptors (Lipinski definition) is 2. The number of hydrogen-bond donors (Lipinski definition) is 0. The van der Waals surface area contributed by atoms with E-state index in [0.29, 0.717) is 6.61 Å². The van der Waals surface area contributed by atoms with Crippen molar-refractivity contribution in [3.63, 3.8) is 0 Å². The molecule has 2 heteroatoms. The van der Waals surface area contributed by atoms with Crippen molar-refractivity contribution in [3.05, 3.63) is 0 Å². The fourth-order valence-corrected chi connectivity index (χ4v) is 1.01. The number of Topliss-reactive ketones (excluding diaryl/α,β-unsaturated/α-hetero) is 1. The van der Waals surface area contributed by atoms with Gasteiger partial charge in [0.05, 0.1) is 6.61 Å². The van der Waals surface area contributed by atoms with E-state index >= 15 is 0 Å². The number of ether oxygens (including phenoxy) is 1. The summed E-state index contributed by atoms with van der Waals surface area (Å²) in [5, 5.41) is 0. The number of carbonyl (C=O) groups excluding carboxylic acids is 1. The summed E-state index contributed by atoms with van der Waals surface area (Å²) in [6.07, 6.45) is 1.92. The fourth-order valence-electron chi connectivity index (χ4n) is 1.01. The molecule has 1 unspecified atom stereocenters. The molecule has 0 spiro atoms. The van der Waals surface area contributed by atoms with Crippen LogP contribution < -0.4 is 0 Å². The minimum absolute atomic E-state index is 0.185. The second-order valence-corrected chi connectivity index (χ2v) is 2.59. The maximum Gasteiger partial charge on any atom is 0.163 e. The van der Waals surface area contributed by atoms with Gasteiger partial charge in [0.15, 0.2) is 5.78 Å². The van der Waals surface area contributed by atoms with Crippen LogP contribution in [0.2, 0.25) is 0 Å². The van der Waals surface area contributed by atoms with E-state index in [1.54, 1.807) is 6.92 Å². The van der Waals surface area contributed by atoms with Gasteiger partial charge >= 0.3 is 0 Å². The van der Waals surface area contributed by atoms with E-state index in [1.165, 1.54) is 0 Å². The number of carbonyl (C=O) groups is 1. The third-order valence-electron chi connectivity index (χ3n) is 1.79. The first-order chi connectivity index (χ1) is 4.21. The molecule has 1 aliphatic rings. The van der Waals surface area contributed by atoms with E-state index in [1.807, 2.05) is 0 Å². The summed E-state index contributed by atoms with van der Waals surface area (Å²) in [6, 6.07) is 0. The van der Waals surface area contributed by atoms with Crippen molar-refractivity contribution in [2.75, 3.05) is 6.61 Å². The van der Waals surface area contributed by atoms with Gasteiger partial charge in [0.1, 0.15) is 5.60 Å². The summed E-state index contributed by atoms with van der Waals surface area (Å²) >= 11 is 0. The van der Waals surface area contributed by atoms with Crippen LogP contribution in [0.3, 0.4) is 0 Å². The summed E-state index contributed by atoms with van der Waals surface area (Å²) in [7, 11) is 0. The van der Waals surface area contributed by atoms with Gasteiger partial charge in [-0.25, -0.2) is 0 Å². The van der Waals surface area contributed by atoms with Crippen molar-refractivity contribution in [1.29, 1.82) is 0 Å². The van der Waals surface area contributed by atoms with Crippen molar-refractivity contribution in [3.8, 4) is 0 Å². The summed E-state index contributed by atoms with van der Waals surface area (Å²) < 4.78 is 5.05. The van der Waals surface area contributed by atoms with Crippen molar-refractivity contribution >= 4 is 5.78 Å². The Bertz CT molecular complexity index is 125. The molecule has 1 rings (SSSR count). The van der Waals surface area contributed by atoms with Crippen molar-refractivity contribution in [2.24, 2.45) is 0 Å². The molecule has 1 aliphatic heterocycles. The topological polar surface area (TPSA) is 29.6 Å². The predicted molar refractivity (Wildman–Crippen MR) is 34.3 cm³/mol. The zero-order valence-electron chi connectivity index (χ0n) is 5.94. The second kappa shape index (κ2) is 2.10. The minimum atomic E-state index is -0.339. The average Bonchev–Trinajstić information content (AvgIpc) is 2.49. The molecule has 0 bridgehead atoms. The Morgan fingerprint density at radius 2 is 2.33 bits per heavy atom. The minimum Gasteiger partial charge on any atom is -0.361 e. The number of ketones is 1. The van der Waals surface area contributed by atoms with Crippen LogP contribution in [0, 0.1) is 0 Å². The van der Waals surface area contributed by atoms with Crippen molar-refractivity contribution in [1.82, 2.24) is 0 Å². The molecule has 0 amide bonds. The Kier molecular flexibility index (Phi) is 1.58. The molecule has 0 radical (unpaired) electrons. The Balaban J connectivity index is 2.43. The lowest BCUT2D eigenvalue weighted by Crippen LogP contribution is -2.20. The number of epoxide rings is 1. The van der Waals surface area contributed by atoms with Crippen molar-refractivity contribution in [2.45, 2.75) is 32.3 Å². The normalized spacial score (nSPS) is 32.2. The van der Waals surface area contributed by atoms with Gasteiger partial charge in [0, 0.05) is 0 Å². The maximum absolute atomic E-state index is 10.8. The van der Waals surface area contributed by atoms with Crippen LogP contribution in [0.4, 0.5) is 0 Å². The highest BCUT2D eigenvalue weighted by Gasteiger charge is 2.48. The molecule has 0 aromatic rings. The van der Waals surface area contributed by atoms with Gasteiger partial charge in [-0.3, -0.25) is 4.79 Å². The van der Waals surface area contributed by atoms with Gasteiger partial charge in [-0.15, -0.1) is 0 Å². The molecular formula is C7H12O2. The van der Waals surface area contributed by atoms with Crippen molar-refractivity contribution < 1.29 is 9.53 Å². The smallest absolute Gasteiger partial charge is 0.163 e. The quantitative estimate of drug-likeness (QED) is 0.533. The van der Waals surface area contributed by atoms with E-state index in [2.05, 4.69) is 6.92 Å². The van der Waals surface area contributed by atoms with Crippen LogP contribution in [0.15, 0.2) is 0 Å². The Morgan fingerprint density at radius 3 is 2.44 bits per heavy atom. The van der Waals surface area contributed by atoms with Crippen LogP contribution >= 0.6 is 0 Å². The highest BCUT2D eigenvalue weighted by atomic mass is 16.6. The molecule has 1 fully saturated rings. The van der Waals surface area contributed by atoms with Crippen LogP contribution in [0.1, 0.15) is 26.7 Å². The molecule has 1 heterocycles. The molecule has 2 nitrogen and oxygen atoms in total. The summed E-state index contributed by atoms with van der Waals surface area (Å²) in [4.78, 5) is 10.8. The molecule has 52 valence electrons. The molecule has 9 heavy (non-hydrogen) atoms. The second-order valence-electron chi connectivity index (χ2n) is 2.59. The van der Waals surface area contributed by atoms with E-state index in [9.17, 15) is 4.79 Å². The van der Waals surface area contributed by atoms with E-state index in [4.69, 9.17) is 4.74 Å². The van der Waals surface area contributed by atoms with Gasteiger partial charge < -0.3 is 4.74 Å². The van der Waals surface area contributed by atoms with Crippen LogP contribution in [-0.2, 0) is 9.53 Å². The molecule has 0 aromatic carbocycles. The molecule has 1 atom stereocenters.